The Kier molecular flexibility index (Phi) is 5.51. The normalized spacial score (nSPS) is 13.8. The Balaban J connectivity index is 2.74. The molecular formula is C14H20N2O. The van der Waals surface area contributed by atoms with Crippen molar-refractivity contribution in [3.63, 3.8) is 0 Å². The molecule has 0 bridgehead atoms. The zero-order chi connectivity index (χ0) is 12.7. The summed E-state index contributed by atoms with van der Waals surface area (Å²) < 4.78 is 5.72. The van der Waals surface area contributed by atoms with Crippen LogP contribution in [-0.4, -0.2) is 19.7 Å². The van der Waals surface area contributed by atoms with Crippen molar-refractivity contribution in [1.82, 2.24) is 5.32 Å². The van der Waals surface area contributed by atoms with Crippen molar-refractivity contribution in [3.05, 3.63) is 29.8 Å². The first kappa shape index (κ1) is 13.5. The zero-order valence-electron chi connectivity index (χ0n) is 10.7. The van der Waals surface area contributed by atoms with Crippen molar-refractivity contribution < 1.29 is 4.74 Å². The van der Waals surface area contributed by atoms with E-state index in [1.165, 1.54) is 5.56 Å². The molecule has 2 unspecified atom stereocenters. The first-order chi connectivity index (χ1) is 8.22. The van der Waals surface area contributed by atoms with Crippen LogP contribution in [0.5, 0.6) is 5.75 Å². The molecule has 3 nitrogen and oxygen atoms in total. The maximum Gasteiger partial charge on any atom is 0.129 e. The average Bonchev–Trinajstić information content (AvgIpc) is 2.39. The van der Waals surface area contributed by atoms with Crippen LogP contribution in [0.2, 0.25) is 0 Å². The maximum absolute atomic E-state index is 8.84. The number of nitrogens with one attached hydrogen (secondary N) is 1. The van der Waals surface area contributed by atoms with E-state index in [2.05, 4.69) is 31.3 Å². The van der Waals surface area contributed by atoms with Crippen LogP contribution < -0.4 is 10.1 Å². The van der Waals surface area contributed by atoms with E-state index >= 15 is 0 Å². The number of ether oxygens (including phenoxy) is 1. The smallest absolute Gasteiger partial charge is 0.129 e. The summed E-state index contributed by atoms with van der Waals surface area (Å²) in [4.78, 5) is 0. The molecule has 0 saturated heterocycles. The van der Waals surface area contributed by atoms with Crippen LogP contribution in [0, 0.1) is 11.3 Å². The molecule has 0 aromatic heterocycles. The van der Waals surface area contributed by atoms with Gasteiger partial charge in [-0.1, -0.05) is 32.0 Å². The fraction of sp³-hybridized carbons (Fsp3) is 0.500. The lowest BCUT2D eigenvalue weighted by molar-refractivity contribution is 0.290. The largest absolute Gasteiger partial charge is 0.491 e. The number of benzene rings is 1. The minimum Gasteiger partial charge on any atom is -0.491 e. The van der Waals surface area contributed by atoms with E-state index in [0.29, 0.717) is 12.5 Å². The molecule has 0 amide bonds. The minimum absolute atomic E-state index is 0.264. The zero-order valence-corrected chi connectivity index (χ0v) is 10.7. The molecule has 17 heavy (non-hydrogen) atoms. The van der Waals surface area contributed by atoms with Crippen LogP contribution >= 0.6 is 0 Å². The summed E-state index contributed by atoms with van der Waals surface area (Å²) in [6.07, 6.45) is 1.08. The van der Waals surface area contributed by atoms with Gasteiger partial charge < -0.3 is 10.1 Å². The number of hydrogen-bond acceptors (Lipinski definition) is 3. The third kappa shape index (κ3) is 3.76. The number of nitrogens with zero attached hydrogens (tertiary/aromatic N) is 1. The van der Waals surface area contributed by atoms with E-state index in [-0.39, 0.29) is 6.04 Å². The van der Waals surface area contributed by atoms with Gasteiger partial charge in [0, 0.05) is 0 Å². The number of nitriles is 1. The quantitative estimate of drug-likeness (QED) is 0.820. The number of likely N-dealkylation sites (N-methyl/N-ethyl adjacent to an activating group) is 1. The molecule has 0 heterocycles. The second-order valence-electron chi connectivity index (χ2n) is 4.13. The number of hydrogen-bond donors (Lipinski definition) is 1. The van der Waals surface area contributed by atoms with Gasteiger partial charge in [0.25, 0.3) is 0 Å². The molecule has 0 spiro atoms. The summed E-state index contributed by atoms with van der Waals surface area (Å²) in [5, 5.41) is 11.7. The Labute approximate surface area is 103 Å². The van der Waals surface area contributed by atoms with Gasteiger partial charge in [0.1, 0.15) is 18.4 Å². The fourth-order valence-corrected chi connectivity index (χ4v) is 1.60. The lowest BCUT2D eigenvalue weighted by Crippen LogP contribution is -2.30. The fourth-order valence-electron chi connectivity index (χ4n) is 1.60. The van der Waals surface area contributed by atoms with Crippen molar-refractivity contribution in [1.29, 1.82) is 5.26 Å². The summed E-state index contributed by atoms with van der Waals surface area (Å²) >= 11 is 0. The van der Waals surface area contributed by atoms with Crippen LogP contribution in [0.25, 0.3) is 0 Å². The topological polar surface area (TPSA) is 45.0 Å². The predicted molar refractivity (Wildman–Crippen MR) is 69.1 cm³/mol. The Morgan fingerprint density at radius 2 is 2.12 bits per heavy atom. The van der Waals surface area contributed by atoms with E-state index in [9.17, 15) is 0 Å². The van der Waals surface area contributed by atoms with Gasteiger partial charge in [0.15, 0.2) is 0 Å². The Morgan fingerprint density at radius 3 is 2.71 bits per heavy atom. The highest BCUT2D eigenvalue weighted by molar-refractivity contribution is 5.35. The highest BCUT2D eigenvalue weighted by Crippen LogP contribution is 2.28. The Hall–Kier alpha value is -1.53. The third-order valence-corrected chi connectivity index (χ3v) is 2.97. The summed E-state index contributed by atoms with van der Waals surface area (Å²) in [6, 6.07) is 9.92. The van der Waals surface area contributed by atoms with Crippen LogP contribution in [-0.2, 0) is 0 Å². The van der Waals surface area contributed by atoms with E-state index in [4.69, 9.17) is 10.00 Å². The van der Waals surface area contributed by atoms with Gasteiger partial charge in [0.2, 0.25) is 0 Å². The highest BCUT2D eigenvalue weighted by Gasteiger charge is 2.11. The Morgan fingerprint density at radius 1 is 1.41 bits per heavy atom. The second kappa shape index (κ2) is 6.93. The first-order valence-corrected chi connectivity index (χ1v) is 6.01. The standard InChI is InChI=1S/C14H20N2O/c1-4-11(2)13-7-5-6-8-14(13)17-10-12(9-15)16-3/h5-8,11-12,16H,4,10H2,1-3H3. The van der Waals surface area contributed by atoms with E-state index in [1.807, 2.05) is 18.2 Å². The van der Waals surface area contributed by atoms with Crippen molar-refractivity contribution >= 4 is 0 Å². The van der Waals surface area contributed by atoms with Gasteiger partial charge in [0.05, 0.1) is 6.07 Å². The van der Waals surface area contributed by atoms with Crippen LogP contribution in [0.1, 0.15) is 31.7 Å². The molecule has 0 aliphatic carbocycles. The summed E-state index contributed by atoms with van der Waals surface area (Å²) in [5.41, 5.74) is 1.21. The molecular weight excluding hydrogens is 212 g/mol. The molecule has 2 atom stereocenters. The van der Waals surface area contributed by atoms with E-state index in [0.717, 1.165) is 12.2 Å². The van der Waals surface area contributed by atoms with Crippen LogP contribution in [0.15, 0.2) is 24.3 Å². The molecule has 0 fully saturated rings. The lowest BCUT2D eigenvalue weighted by Gasteiger charge is -2.17. The van der Waals surface area contributed by atoms with E-state index in [1.54, 1.807) is 7.05 Å². The molecule has 3 heteroatoms. The van der Waals surface area contributed by atoms with Gasteiger partial charge in [-0.2, -0.15) is 5.26 Å². The van der Waals surface area contributed by atoms with Crippen LogP contribution in [0.3, 0.4) is 0 Å². The molecule has 1 N–H and O–H groups in total. The van der Waals surface area contributed by atoms with Gasteiger partial charge in [-0.15, -0.1) is 0 Å². The summed E-state index contributed by atoms with van der Waals surface area (Å²) in [7, 11) is 1.76. The third-order valence-electron chi connectivity index (χ3n) is 2.97. The molecule has 0 aliphatic heterocycles. The summed E-state index contributed by atoms with van der Waals surface area (Å²) in [5.74, 6) is 1.36. The monoisotopic (exact) mass is 232 g/mol. The van der Waals surface area contributed by atoms with E-state index < -0.39 is 0 Å². The SMILES string of the molecule is CCC(C)c1ccccc1OCC(C#N)NC. The van der Waals surface area contributed by atoms with Gasteiger partial charge in [-0.05, 0) is 31.0 Å². The number of para-hydroxylation sites is 1. The predicted octanol–water partition coefficient (Wildman–Crippen LogP) is 2.69. The number of rotatable bonds is 6. The second-order valence-corrected chi connectivity index (χ2v) is 4.13. The molecule has 1 rings (SSSR count). The van der Waals surface area contributed by atoms with Crippen LogP contribution in [0.4, 0.5) is 0 Å². The minimum atomic E-state index is -0.264. The van der Waals surface area contributed by atoms with Crippen molar-refractivity contribution in [2.24, 2.45) is 0 Å². The average molecular weight is 232 g/mol. The molecule has 0 radical (unpaired) electrons. The lowest BCUT2D eigenvalue weighted by atomic mass is 9.98. The van der Waals surface area contributed by atoms with Gasteiger partial charge >= 0.3 is 0 Å². The highest BCUT2D eigenvalue weighted by atomic mass is 16.5. The molecule has 92 valence electrons. The van der Waals surface area contributed by atoms with Crippen molar-refractivity contribution in [2.75, 3.05) is 13.7 Å². The molecule has 0 aliphatic rings. The Bertz CT molecular complexity index is 384. The molecule has 0 saturated carbocycles. The van der Waals surface area contributed by atoms with Gasteiger partial charge in [-0.3, -0.25) is 0 Å². The molecule has 1 aromatic carbocycles. The maximum atomic E-state index is 8.84. The summed E-state index contributed by atoms with van der Waals surface area (Å²) in [6.45, 7) is 4.72. The van der Waals surface area contributed by atoms with Crippen molar-refractivity contribution in [3.8, 4) is 11.8 Å². The van der Waals surface area contributed by atoms with Crippen molar-refractivity contribution in [2.45, 2.75) is 32.2 Å². The first-order valence-electron chi connectivity index (χ1n) is 6.01. The van der Waals surface area contributed by atoms with Gasteiger partial charge in [-0.25, -0.2) is 0 Å². The molecule has 1 aromatic rings.